The zero-order chi connectivity index (χ0) is 13.8. The lowest BCUT2D eigenvalue weighted by Crippen LogP contribution is -2.14. The highest BCUT2D eigenvalue weighted by atomic mass is 32.2. The van der Waals surface area contributed by atoms with Crippen molar-refractivity contribution in [2.24, 2.45) is 0 Å². The minimum absolute atomic E-state index is 0.0943. The molecule has 0 atom stereocenters. The molecule has 2 rings (SSSR count). The topological polar surface area (TPSA) is 83.8 Å². The maximum absolute atomic E-state index is 12.4. The zero-order valence-corrected chi connectivity index (χ0v) is 10.4. The minimum Gasteiger partial charge on any atom is -0.396 e. The van der Waals surface area contributed by atoms with Gasteiger partial charge < -0.3 is 11.1 Å². The summed E-state index contributed by atoms with van der Waals surface area (Å²) in [5, 5.41) is 8.58. The number of para-hydroxylation sites is 1. The van der Waals surface area contributed by atoms with Gasteiger partial charge in [0.1, 0.15) is 5.69 Å². The highest BCUT2D eigenvalue weighted by molar-refractivity contribution is 7.99. The Balaban J connectivity index is 2.19. The summed E-state index contributed by atoms with van der Waals surface area (Å²) in [6.45, 7) is 0. The maximum atomic E-state index is 12.4. The van der Waals surface area contributed by atoms with Crippen molar-refractivity contribution >= 4 is 29.0 Å². The first kappa shape index (κ1) is 13.3. The fourth-order valence-corrected chi connectivity index (χ4v) is 2.03. The van der Waals surface area contributed by atoms with Crippen LogP contribution in [-0.2, 0) is 0 Å². The molecule has 1 heterocycles. The van der Waals surface area contributed by atoms with Gasteiger partial charge in [-0.15, -0.1) is 0 Å². The molecule has 0 radical (unpaired) electrons. The van der Waals surface area contributed by atoms with Crippen LogP contribution >= 0.6 is 11.8 Å². The van der Waals surface area contributed by atoms with Gasteiger partial charge in [-0.3, -0.25) is 9.89 Å². The van der Waals surface area contributed by atoms with E-state index in [1.165, 1.54) is 18.3 Å². The predicted molar refractivity (Wildman–Crippen MR) is 69.3 cm³/mol. The van der Waals surface area contributed by atoms with E-state index >= 15 is 0 Å². The van der Waals surface area contributed by atoms with Gasteiger partial charge in [0, 0.05) is 4.90 Å². The second kappa shape index (κ2) is 5.70. The first-order valence-electron chi connectivity index (χ1n) is 5.22. The molecule has 0 fully saturated rings. The number of benzene rings is 1. The van der Waals surface area contributed by atoms with E-state index in [2.05, 4.69) is 15.5 Å². The third kappa shape index (κ3) is 3.22. The number of carbonyl (C=O) groups excluding carboxylic acids is 1. The molecule has 1 amide bonds. The molecule has 8 heteroatoms. The van der Waals surface area contributed by atoms with Crippen molar-refractivity contribution in [3.63, 3.8) is 0 Å². The summed E-state index contributed by atoms with van der Waals surface area (Å²) in [7, 11) is 0. The standard InChI is InChI=1S/C11H10F2N4OS/c12-11(13)19-8-4-2-1-3-7(8)16-10(18)9-6(14)5-15-17-9/h1-5,11H,14H2,(H,15,17)(H,16,18). The smallest absolute Gasteiger partial charge is 0.288 e. The molecule has 0 saturated carbocycles. The fourth-order valence-electron chi connectivity index (χ4n) is 1.43. The molecule has 100 valence electrons. The van der Waals surface area contributed by atoms with E-state index in [1.807, 2.05) is 0 Å². The van der Waals surface area contributed by atoms with Crippen molar-refractivity contribution in [2.75, 3.05) is 11.1 Å². The summed E-state index contributed by atoms with van der Waals surface area (Å²) in [6.07, 6.45) is 1.30. The van der Waals surface area contributed by atoms with Crippen LogP contribution in [0.4, 0.5) is 20.2 Å². The summed E-state index contributed by atoms with van der Waals surface area (Å²) in [5.41, 5.74) is 6.12. The van der Waals surface area contributed by atoms with Gasteiger partial charge in [0.2, 0.25) is 0 Å². The molecule has 1 aromatic heterocycles. The molecule has 0 spiro atoms. The lowest BCUT2D eigenvalue weighted by atomic mass is 10.3. The molecular formula is C11H10F2N4OS. The quantitative estimate of drug-likeness (QED) is 0.753. The minimum atomic E-state index is -2.56. The van der Waals surface area contributed by atoms with Crippen molar-refractivity contribution < 1.29 is 13.6 Å². The average Bonchev–Trinajstić information content (AvgIpc) is 2.77. The highest BCUT2D eigenvalue weighted by Crippen LogP contribution is 2.31. The number of alkyl halides is 2. The van der Waals surface area contributed by atoms with Gasteiger partial charge >= 0.3 is 0 Å². The first-order chi connectivity index (χ1) is 9.08. The number of thioether (sulfide) groups is 1. The van der Waals surface area contributed by atoms with E-state index in [-0.39, 0.29) is 16.3 Å². The number of hydrogen-bond donors (Lipinski definition) is 3. The molecule has 0 saturated heterocycles. The number of halogens is 2. The lowest BCUT2D eigenvalue weighted by molar-refractivity contribution is 0.102. The molecule has 1 aromatic carbocycles. The van der Waals surface area contributed by atoms with Crippen LogP contribution in [-0.4, -0.2) is 21.9 Å². The van der Waals surface area contributed by atoms with Crippen LogP contribution in [0.3, 0.4) is 0 Å². The number of anilines is 2. The predicted octanol–water partition coefficient (Wildman–Crippen LogP) is 2.56. The SMILES string of the molecule is Nc1cn[nH]c1C(=O)Nc1ccccc1SC(F)F. The number of hydrogen-bond acceptors (Lipinski definition) is 4. The summed E-state index contributed by atoms with van der Waals surface area (Å²) < 4.78 is 24.8. The number of nitrogens with one attached hydrogen (secondary N) is 2. The average molecular weight is 284 g/mol. The summed E-state index contributed by atoms with van der Waals surface area (Å²) in [4.78, 5) is 12.2. The number of carbonyl (C=O) groups is 1. The van der Waals surface area contributed by atoms with E-state index < -0.39 is 11.7 Å². The van der Waals surface area contributed by atoms with Crippen LogP contribution < -0.4 is 11.1 Å². The van der Waals surface area contributed by atoms with Crippen LogP contribution in [0.2, 0.25) is 0 Å². The Kier molecular flexibility index (Phi) is 4.00. The molecule has 5 nitrogen and oxygen atoms in total. The van der Waals surface area contributed by atoms with Gasteiger partial charge in [-0.2, -0.15) is 13.9 Å². The second-order valence-corrected chi connectivity index (χ2v) is 4.56. The van der Waals surface area contributed by atoms with Crippen molar-refractivity contribution in [3.8, 4) is 0 Å². The molecular weight excluding hydrogens is 274 g/mol. The van der Waals surface area contributed by atoms with Gasteiger partial charge in [0.15, 0.2) is 0 Å². The third-order valence-electron chi connectivity index (χ3n) is 2.25. The van der Waals surface area contributed by atoms with Crippen LogP contribution in [0.1, 0.15) is 10.5 Å². The van der Waals surface area contributed by atoms with Crippen LogP contribution in [0.25, 0.3) is 0 Å². The molecule has 19 heavy (non-hydrogen) atoms. The highest BCUT2D eigenvalue weighted by Gasteiger charge is 2.15. The zero-order valence-electron chi connectivity index (χ0n) is 9.56. The Labute approximate surface area is 111 Å². The van der Waals surface area contributed by atoms with Gasteiger partial charge in [-0.1, -0.05) is 23.9 Å². The fraction of sp³-hybridized carbons (Fsp3) is 0.0909. The number of aromatic nitrogens is 2. The summed E-state index contributed by atoms with van der Waals surface area (Å²) >= 11 is 0.363. The van der Waals surface area contributed by atoms with Crippen LogP contribution in [0.5, 0.6) is 0 Å². The second-order valence-electron chi connectivity index (χ2n) is 3.53. The van der Waals surface area contributed by atoms with Crippen LogP contribution in [0, 0.1) is 0 Å². The van der Waals surface area contributed by atoms with Gasteiger partial charge in [0.05, 0.1) is 17.6 Å². The lowest BCUT2D eigenvalue weighted by Gasteiger charge is -2.09. The van der Waals surface area contributed by atoms with Gasteiger partial charge in [-0.25, -0.2) is 0 Å². The van der Waals surface area contributed by atoms with Crippen LogP contribution in [0.15, 0.2) is 35.4 Å². The monoisotopic (exact) mass is 284 g/mol. The van der Waals surface area contributed by atoms with E-state index in [0.717, 1.165) is 0 Å². The third-order valence-corrected chi connectivity index (χ3v) is 3.04. The number of nitrogens with zero attached hydrogens (tertiary/aromatic N) is 1. The molecule has 0 bridgehead atoms. The largest absolute Gasteiger partial charge is 0.396 e. The number of rotatable bonds is 4. The number of H-pyrrole nitrogens is 1. The summed E-state index contributed by atoms with van der Waals surface area (Å²) in [5.74, 6) is -3.09. The van der Waals surface area contributed by atoms with Gasteiger partial charge in [-0.05, 0) is 12.1 Å². The Bertz CT molecular complexity index is 588. The van der Waals surface area contributed by atoms with E-state index in [1.54, 1.807) is 12.1 Å². The summed E-state index contributed by atoms with van der Waals surface area (Å²) in [6, 6.07) is 6.30. The number of amides is 1. The molecule has 0 unspecified atom stereocenters. The Morgan fingerprint density at radius 3 is 2.79 bits per heavy atom. The number of nitrogen functional groups attached to an aromatic ring is 1. The normalized spacial score (nSPS) is 10.7. The Hall–Kier alpha value is -2.09. The van der Waals surface area contributed by atoms with Gasteiger partial charge in [0.25, 0.3) is 11.7 Å². The van der Waals surface area contributed by atoms with Crippen molar-refractivity contribution in [1.29, 1.82) is 0 Å². The van der Waals surface area contributed by atoms with E-state index in [0.29, 0.717) is 17.4 Å². The number of nitrogens with two attached hydrogens (primary N) is 1. The molecule has 4 N–H and O–H groups in total. The molecule has 0 aliphatic rings. The maximum Gasteiger partial charge on any atom is 0.288 e. The van der Waals surface area contributed by atoms with Crippen molar-refractivity contribution in [1.82, 2.24) is 10.2 Å². The van der Waals surface area contributed by atoms with E-state index in [4.69, 9.17) is 5.73 Å². The van der Waals surface area contributed by atoms with E-state index in [9.17, 15) is 13.6 Å². The van der Waals surface area contributed by atoms with Crippen molar-refractivity contribution in [3.05, 3.63) is 36.2 Å². The van der Waals surface area contributed by atoms with Crippen molar-refractivity contribution in [2.45, 2.75) is 10.7 Å². The molecule has 0 aliphatic heterocycles. The Morgan fingerprint density at radius 2 is 2.16 bits per heavy atom. The molecule has 0 aliphatic carbocycles. The number of aromatic amines is 1. The molecule has 2 aromatic rings. The first-order valence-corrected chi connectivity index (χ1v) is 6.10. The Morgan fingerprint density at radius 1 is 1.42 bits per heavy atom.